The fourth-order valence-corrected chi connectivity index (χ4v) is 3.70. The van der Waals surface area contributed by atoms with Gasteiger partial charge in [-0.3, -0.25) is 4.79 Å². The van der Waals surface area contributed by atoms with Gasteiger partial charge in [0.25, 0.3) is 0 Å². The monoisotopic (exact) mass is 399 g/mol. The van der Waals surface area contributed by atoms with E-state index in [1.165, 1.54) is 0 Å². The summed E-state index contributed by atoms with van der Waals surface area (Å²) in [5, 5.41) is 6.71. The van der Waals surface area contributed by atoms with Crippen molar-refractivity contribution in [1.29, 1.82) is 0 Å². The van der Waals surface area contributed by atoms with Crippen LogP contribution in [0.25, 0.3) is 0 Å². The van der Waals surface area contributed by atoms with Crippen molar-refractivity contribution in [3.63, 3.8) is 0 Å². The number of amides is 3. The molecule has 2 aromatic carbocycles. The van der Waals surface area contributed by atoms with Gasteiger partial charge in [-0.2, -0.15) is 0 Å². The molecule has 0 spiro atoms. The second-order valence-electron chi connectivity index (χ2n) is 7.08. The maximum atomic E-state index is 12.7. The van der Waals surface area contributed by atoms with Crippen molar-refractivity contribution in [1.82, 2.24) is 10.2 Å². The topological polar surface area (TPSA) is 61.4 Å². The van der Waals surface area contributed by atoms with Gasteiger partial charge in [-0.25, -0.2) is 4.79 Å². The maximum Gasteiger partial charge on any atom is 0.321 e. The van der Waals surface area contributed by atoms with Gasteiger partial charge in [0.1, 0.15) is 0 Å². The molecule has 6 heteroatoms. The molecule has 1 saturated heterocycles. The highest BCUT2D eigenvalue weighted by atomic mass is 35.5. The fourth-order valence-electron chi connectivity index (χ4n) is 3.50. The van der Waals surface area contributed by atoms with Gasteiger partial charge in [0.05, 0.1) is 6.04 Å². The van der Waals surface area contributed by atoms with Gasteiger partial charge in [0.2, 0.25) is 5.91 Å². The van der Waals surface area contributed by atoms with Crippen LogP contribution in [0.15, 0.2) is 54.6 Å². The van der Waals surface area contributed by atoms with Crippen LogP contribution in [0.3, 0.4) is 0 Å². The Morgan fingerprint density at radius 1 is 1.11 bits per heavy atom. The van der Waals surface area contributed by atoms with Gasteiger partial charge in [-0.1, -0.05) is 48.9 Å². The molecule has 1 aliphatic rings. The number of piperidine rings is 1. The van der Waals surface area contributed by atoms with Crippen LogP contribution in [0.1, 0.15) is 37.8 Å². The molecule has 1 unspecified atom stereocenters. The second kappa shape index (κ2) is 9.60. The standard InChI is InChI=1S/C22H26ClN3O2/c1-2-20(17-7-6-8-18(23)15-17)25-21(27)16-11-13-26(14-12-16)22(28)24-19-9-4-3-5-10-19/h3-10,15-16,20H,2,11-14H2,1H3,(H,24,28)(H,25,27). The average molecular weight is 400 g/mol. The van der Waals surface area contributed by atoms with E-state index in [-0.39, 0.29) is 23.9 Å². The molecule has 148 valence electrons. The highest BCUT2D eigenvalue weighted by Gasteiger charge is 2.28. The first-order chi connectivity index (χ1) is 13.6. The van der Waals surface area contributed by atoms with Gasteiger partial charge in [0, 0.05) is 29.7 Å². The summed E-state index contributed by atoms with van der Waals surface area (Å²) in [6.45, 7) is 3.19. The number of anilines is 1. The lowest BCUT2D eigenvalue weighted by Crippen LogP contribution is -2.45. The highest BCUT2D eigenvalue weighted by molar-refractivity contribution is 6.30. The zero-order valence-electron chi connectivity index (χ0n) is 16.0. The van der Waals surface area contributed by atoms with E-state index in [4.69, 9.17) is 11.6 Å². The normalized spacial score (nSPS) is 15.7. The first-order valence-electron chi connectivity index (χ1n) is 9.73. The van der Waals surface area contributed by atoms with Gasteiger partial charge < -0.3 is 15.5 Å². The number of nitrogens with zero attached hydrogens (tertiary/aromatic N) is 1. The minimum Gasteiger partial charge on any atom is -0.349 e. The molecule has 1 heterocycles. The number of benzene rings is 2. The first kappa shape index (κ1) is 20.2. The van der Waals surface area contributed by atoms with Crippen molar-refractivity contribution < 1.29 is 9.59 Å². The third-order valence-electron chi connectivity index (χ3n) is 5.15. The van der Waals surface area contributed by atoms with E-state index in [0.717, 1.165) is 17.7 Å². The summed E-state index contributed by atoms with van der Waals surface area (Å²) in [6.07, 6.45) is 2.13. The third kappa shape index (κ3) is 5.26. The summed E-state index contributed by atoms with van der Waals surface area (Å²) in [7, 11) is 0. The molecule has 0 aliphatic carbocycles. The molecule has 3 amide bonds. The molecule has 1 atom stereocenters. The molecular formula is C22H26ClN3O2. The van der Waals surface area contributed by atoms with Crippen LogP contribution in [0, 0.1) is 5.92 Å². The lowest BCUT2D eigenvalue weighted by Gasteiger charge is -2.32. The summed E-state index contributed by atoms with van der Waals surface area (Å²) in [5.74, 6) is -0.0241. The SMILES string of the molecule is CCC(NC(=O)C1CCN(C(=O)Nc2ccccc2)CC1)c1cccc(Cl)c1. The number of carbonyl (C=O) groups excluding carboxylic acids is 2. The van der Waals surface area contributed by atoms with E-state index in [1.807, 2.05) is 61.5 Å². The first-order valence-corrected chi connectivity index (χ1v) is 10.1. The predicted molar refractivity (Wildman–Crippen MR) is 112 cm³/mol. The number of nitrogens with one attached hydrogen (secondary N) is 2. The Hall–Kier alpha value is -2.53. The van der Waals surface area contributed by atoms with Crippen molar-refractivity contribution in [2.75, 3.05) is 18.4 Å². The maximum absolute atomic E-state index is 12.7. The molecule has 0 saturated carbocycles. The van der Waals surface area contributed by atoms with E-state index in [9.17, 15) is 9.59 Å². The molecule has 2 aromatic rings. The fraction of sp³-hybridized carbons (Fsp3) is 0.364. The Bertz CT molecular complexity index is 804. The van der Waals surface area contributed by atoms with E-state index in [2.05, 4.69) is 10.6 Å². The molecular weight excluding hydrogens is 374 g/mol. The third-order valence-corrected chi connectivity index (χ3v) is 5.39. The number of carbonyl (C=O) groups is 2. The molecule has 0 bridgehead atoms. The Balaban J connectivity index is 1.51. The van der Waals surface area contributed by atoms with Crippen LogP contribution in [0.5, 0.6) is 0 Å². The number of hydrogen-bond donors (Lipinski definition) is 2. The van der Waals surface area contributed by atoms with Crippen LogP contribution < -0.4 is 10.6 Å². The lowest BCUT2D eigenvalue weighted by molar-refractivity contribution is -0.127. The molecule has 28 heavy (non-hydrogen) atoms. The van der Waals surface area contributed by atoms with E-state index in [1.54, 1.807) is 4.90 Å². The number of likely N-dealkylation sites (tertiary alicyclic amines) is 1. The number of urea groups is 1. The molecule has 0 aromatic heterocycles. The van der Waals surface area contributed by atoms with E-state index >= 15 is 0 Å². The van der Waals surface area contributed by atoms with Crippen molar-refractivity contribution in [2.24, 2.45) is 5.92 Å². The van der Waals surface area contributed by atoms with Crippen LogP contribution in [0.4, 0.5) is 10.5 Å². The molecule has 5 nitrogen and oxygen atoms in total. The minimum atomic E-state index is -0.115. The number of rotatable bonds is 5. The molecule has 1 aliphatic heterocycles. The molecule has 3 rings (SSSR count). The van der Waals surface area contributed by atoms with Gasteiger partial charge in [-0.05, 0) is 49.1 Å². The summed E-state index contributed by atoms with van der Waals surface area (Å²) < 4.78 is 0. The zero-order valence-corrected chi connectivity index (χ0v) is 16.8. The molecule has 2 N–H and O–H groups in total. The summed E-state index contributed by atoms with van der Waals surface area (Å²) in [5.41, 5.74) is 1.79. The number of hydrogen-bond acceptors (Lipinski definition) is 2. The summed E-state index contributed by atoms with van der Waals surface area (Å²) >= 11 is 6.08. The number of para-hydroxylation sites is 1. The van der Waals surface area contributed by atoms with Crippen molar-refractivity contribution >= 4 is 29.2 Å². The smallest absolute Gasteiger partial charge is 0.321 e. The van der Waals surface area contributed by atoms with Crippen LogP contribution in [0.2, 0.25) is 5.02 Å². The predicted octanol–water partition coefficient (Wildman–Crippen LogP) is 4.85. The second-order valence-corrected chi connectivity index (χ2v) is 7.52. The average Bonchev–Trinajstić information content (AvgIpc) is 2.72. The quantitative estimate of drug-likeness (QED) is 0.754. The Morgan fingerprint density at radius 2 is 1.82 bits per heavy atom. The van der Waals surface area contributed by atoms with Crippen molar-refractivity contribution in [3.8, 4) is 0 Å². The van der Waals surface area contributed by atoms with Crippen molar-refractivity contribution in [3.05, 3.63) is 65.2 Å². The van der Waals surface area contributed by atoms with Gasteiger partial charge in [0.15, 0.2) is 0 Å². The molecule has 1 fully saturated rings. The summed E-state index contributed by atoms with van der Waals surface area (Å²) in [6, 6.07) is 16.8. The van der Waals surface area contributed by atoms with Gasteiger partial charge >= 0.3 is 6.03 Å². The largest absolute Gasteiger partial charge is 0.349 e. The Morgan fingerprint density at radius 3 is 2.46 bits per heavy atom. The van der Waals surface area contributed by atoms with Crippen LogP contribution >= 0.6 is 11.6 Å². The minimum absolute atomic E-state index is 0.0504. The molecule has 0 radical (unpaired) electrons. The van der Waals surface area contributed by atoms with Gasteiger partial charge in [-0.15, -0.1) is 0 Å². The Kier molecular flexibility index (Phi) is 6.93. The number of halogens is 1. The zero-order chi connectivity index (χ0) is 19.9. The summed E-state index contributed by atoms with van der Waals surface area (Å²) in [4.78, 5) is 26.9. The van der Waals surface area contributed by atoms with Crippen molar-refractivity contribution in [2.45, 2.75) is 32.2 Å². The van der Waals surface area contributed by atoms with E-state index in [0.29, 0.717) is 31.0 Å². The van der Waals surface area contributed by atoms with E-state index < -0.39 is 0 Å². The highest BCUT2D eigenvalue weighted by Crippen LogP contribution is 2.23. The Labute approximate surface area is 171 Å². The van der Waals surface area contributed by atoms with Crippen LogP contribution in [-0.4, -0.2) is 29.9 Å². The lowest BCUT2D eigenvalue weighted by atomic mass is 9.95. The van der Waals surface area contributed by atoms with Crippen LogP contribution in [-0.2, 0) is 4.79 Å².